The maximum atomic E-state index is 13.4. The van der Waals surface area contributed by atoms with E-state index in [1.165, 1.54) is 0 Å². The van der Waals surface area contributed by atoms with Crippen LogP contribution in [0.1, 0.15) is 56.5 Å². The smallest absolute Gasteiger partial charge is 0.233 e. The Morgan fingerprint density at radius 1 is 1.12 bits per heavy atom. The number of aliphatic hydroxyl groups is 3. The Bertz CT molecular complexity index is 1240. The van der Waals surface area contributed by atoms with Gasteiger partial charge in [0.15, 0.2) is 11.5 Å². The van der Waals surface area contributed by atoms with Crippen molar-refractivity contribution in [3.63, 3.8) is 0 Å². The van der Waals surface area contributed by atoms with Gasteiger partial charge >= 0.3 is 0 Å². The van der Waals surface area contributed by atoms with Crippen molar-refractivity contribution in [3.05, 3.63) is 63.9 Å². The van der Waals surface area contributed by atoms with E-state index in [0.717, 1.165) is 5.56 Å². The summed E-state index contributed by atoms with van der Waals surface area (Å²) in [5.74, 6) is -0.869. The van der Waals surface area contributed by atoms with Crippen molar-refractivity contribution in [3.8, 4) is 5.75 Å². The quantitative estimate of drug-likeness (QED) is 0.445. The van der Waals surface area contributed by atoms with E-state index in [9.17, 15) is 24.9 Å². The summed E-state index contributed by atoms with van der Waals surface area (Å²) >= 11 is 0. The van der Waals surface area contributed by atoms with Crippen molar-refractivity contribution >= 4 is 22.5 Å². The summed E-state index contributed by atoms with van der Waals surface area (Å²) in [6.45, 7) is 3.15. The van der Waals surface area contributed by atoms with Gasteiger partial charge in [0.2, 0.25) is 12.1 Å². The van der Waals surface area contributed by atoms with Crippen LogP contribution >= 0.6 is 0 Å². The molecule has 2 aromatic carbocycles. The molecule has 1 aliphatic carbocycles. The number of hydrogen-bond donors (Lipinski definition) is 3. The van der Waals surface area contributed by atoms with E-state index in [1.54, 1.807) is 37.3 Å². The minimum atomic E-state index is -1.04. The van der Waals surface area contributed by atoms with Gasteiger partial charge in [0.1, 0.15) is 17.4 Å². The molecule has 166 valence electrons. The first-order valence-corrected chi connectivity index (χ1v) is 10.4. The summed E-state index contributed by atoms with van der Waals surface area (Å²) in [6, 6.07) is 8.17. The molecule has 32 heavy (non-hydrogen) atoms. The third-order valence-electron chi connectivity index (χ3n) is 6.05. The normalized spacial score (nSPS) is 25.0. The van der Waals surface area contributed by atoms with Crippen LogP contribution in [-0.4, -0.2) is 51.5 Å². The third-order valence-corrected chi connectivity index (χ3v) is 6.05. The first-order chi connectivity index (χ1) is 15.3. The van der Waals surface area contributed by atoms with Gasteiger partial charge in [0, 0.05) is 17.4 Å². The number of carbonyl (C=O) groups is 2. The fourth-order valence-electron chi connectivity index (χ4n) is 4.51. The largest absolute Gasteiger partial charge is 0.464 e. The molecule has 0 radical (unpaired) electrons. The van der Waals surface area contributed by atoms with Crippen LogP contribution in [0.25, 0.3) is 11.0 Å². The third kappa shape index (κ3) is 3.07. The first kappa shape index (κ1) is 20.8. The highest BCUT2D eigenvalue weighted by Gasteiger charge is 2.40. The van der Waals surface area contributed by atoms with Gasteiger partial charge in [-0.25, -0.2) is 0 Å². The summed E-state index contributed by atoms with van der Waals surface area (Å²) in [6.07, 6.45) is -3.64. The lowest BCUT2D eigenvalue weighted by atomic mass is 9.85. The predicted octanol–water partition coefficient (Wildman–Crippen LogP) is 2.24. The van der Waals surface area contributed by atoms with Crippen LogP contribution in [0.15, 0.2) is 34.7 Å². The van der Waals surface area contributed by atoms with Crippen molar-refractivity contribution in [1.29, 1.82) is 0 Å². The highest BCUT2D eigenvalue weighted by Crippen LogP contribution is 2.40. The maximum Gasteiger partial charge on any atom is 0.233 e. The van der Waals surface area contributed by atoms with Crippen molar-refractivity contribution in [2.75, 3.05) is 0 Å². The van der Waals surface area contributed by atoms with E-state index >= 15 is 0 Å². The average Bonchev–Trinajstić information content (AvgIpc) is 3.15. The van der Waals surface area contributed by atoms with E-state index in [2.05, 4.69) is 0 Å². The molecule has 1 aliphatic heterocycles. The standard InChI is InChI=1S/C24H22O8/c1-10-6-12(9-25)18-16(7-10)32-24-20(18)22(28)13-4-3-5-15(19(13)23(24)29)31-17-8-14(26)21(27)11(2)30-17/h3-7,11,14,17,21,25-27H,8-9H2,1-2H3. The fourth-order valence-corrected chi connectivity index (χ4v) is 4.51. The number of aryl methyl sites for hydroxylation is 1. The highest BCUT2D eigenvalue weighted by molar-refractivity contribution is 6.32. The van der Waals surface area contributed by atoms with Crippen LogP contribution in [0.4, 0.5) is 0 Å². The van der Waals surface area contributed by atoms with E-state index in [-0.39, 0.29) is 41.2 Å². The SMILES string of the molecule is Cc1cc(CO)c2c3c(oc2c1)C(=O)c1c(OC2CC(O)C(O)C(C)O2)cccc1C3=O. The van der Waals surface area contributed by atoms with E-state index in [0.29, 0.717) is 16.5 Å². The predicted molar refractivity (Wildman–Crippen MR) is 112 cm³/mol. The molecule has 0 amide bonds. The molecule has 1 saturated heterocycles. The first-order valence-electron chi connectivity index (χ1n) is 10.4. The van der Waals surface area contributed by atoms with E-state index in [4.69, 9.17) is 13.9 Å². The van der Waals surface area contributed by atoms with Crippen LogP contribution in [0.5, 0.6) is 5.75 Å². The van der Waals surface area contributed by atoms with Crippen LogP contribution in [-0.2, 0) is 11.3 Å². The Balaban J connectivity index is 1.60. The molecule has 4 atom stereocenters. The second-order valence-electron chi connectivity index (χ2n) is 8.28. The van der Waals surface area contributed by atoms with Crippen LogP contribution in [0.2, 0.25) is 0 Å². The molecule has 2 aliphatic rings. The Morgan fingerprint density at radius 3 is 2.62 bits per heavy atom. The molecule has 4 unspecified atom stereocenters. The molecule has 3 N–H and O–H groups in total. The molecule has 0 saturated carbocycles. The van der Waals surface area contributed by atoms with Gasteiger partial charge in [-0.15, -0.1) is 0 Å². The van der Waals surface area contributed by atoms with Gasteiger partial charge in [0.05, 0.1) is 29.9 Å². The minimum Gasteiger partial charge on any atom is -0.464 e. The van der Waals surface area contributed by atoms with E-state index in [1.807, 2.05) is 6.92 Å². The summed E-state index contributed by atoms with van der Waals surface area (Å²) < 4.78 is 17.3. The zero-order valence-electron chi connectivity index (χ0n) is 17.5. The molecule has 1 fully saturated rings. The van der Waals surface area contributed by atoms with Crippen molar-refractivity contribution in [1.82, 2.24) is 0 Å². The number of rotatable bonds is 3. The summed E-state index contributed by atoms with van der Waals surface area (Å²) in [5.41, 5.74) is 2.06. The number of fused-ring (bicyclic) bond motifs is 4. The molecule has 0 spiro atoms. The van der Waals surface area contributed by atoms with Crippen molar-refractivity contribution in [2.24, 2.45) is 0 Å². The lowest BCUT2D eigenvalue weighted by Crippen LogP contribution is -2.48. The van der Waals surface area contributed by atoms with Gasteiger partial charge in [0.25, 0.3) is 0 Å². The number of carbonyl (C=O) groups excluding carboxylic acids is 2. The number of hydrogen-bond acceptors (Lipinski definition) is 8. The monoisotopic (exact) mass is 438 g/mol. The zero-order chi connectivity index (χ0) is 22.7. The van der Waals surface area contributed by atoms with E-state index < -0.39 is 36.2 Å². The van der Waals surface area contributed by atoms with Crippen LogP contribution < -0.4 is 4.74 Å². The van der Waals surface area contributed by atoms with Gasteiger partial charge in [-0.2, -0.15) is 0 Å². The lowest BCUT2D eigenvalue weighted by Gasteiger charge is -2.35. The molecule has 3 aromatic rings. The topological polar surface area (TPSA) is 126 Å². The lowest BCUT2D eigenvalue weighted by molar-refractivity contribution is -0.216. The van der Waals surface area contributed by atoms with Gasteiger partial charge < -0.3 is 29.2 Å². The molecular weight excluding hydrogens is 416 g/mol. The number of aliphatic hydroxyl groups excluding tert-OH is 3. The van der Waals surface area contributed by atoms with Crippen molar-refractivity contribution < 1.29 is 38.8 Å². The van der Waals surface area contributed by atoms with Crippen molar-refractivity contribution in [2.45, 2.75) is 51.5 Å². The molecule has 2 heterocycles. The van der Waals surface area contributed by atoms with Crippen LogP contribution in [0, 0.1) is 6.92 Å². The highest BCUT2D eigenvalue weighted by atomic mass is 16.7. The second kappa shape index (κ2) is 7.53. The second-order valence-corrected chi connectivity index (χ2v) is 8.28. The zero-order valence-corrected chi connectivity index (χ0v) is 17.5. The van der Waals surface area contributed by atoms with Gasteiger partial charge in [-0.05, 0) is 37.1 Å². The molecule has 1 aromatic heterocycles. The minimum absolute atomic E-state index is 0.00629. The average molecular weight is 438 g/mol. The Morgan fingerprint density at radius 2 is 1.91 bits per heavy atom. The number of furan rings is 1. The van der Waals surface area contributed by atoms with Crippen LogP contribution in [0.3, 0.4) is 0 Å². The molecule has 8 heteroatoms. The van der Waals surface area contributed by atoms with Gasteiger partial charge in [-0.1, -0.05) is 18.2 Å². The Kier molecular flexibility index (Phi) is 4.90. The summed E-state index contributed by atoms with van der Waals surface area (Å²) in [5, 5.41) is 30.2. The molecular formula is C24H22O8. The number of benzene rings is 2. The maximum absolute atomic E-state index is 13.4. The fraction of sp³-hybridized carbons (Fsp3) is 0.333. The summed E-state index contributed by atoms with van der Waals surface area (Å²) in [7, 11) is 0. The number of ketones is 2. The molecule has 5 rings (SSSR count). The Labute approximate surface area is 183 Å². The number of ether oxygens (including phenoxy) is 2. The Hall–Kier alpha value is -3.04. The summed E-state index contributed by atoms with van der Waals surface area (Å²) in [4.78, 5) is 26.9. The molecule has 8 nitrogen and oxygen atoms in total. The molecule has 0 bridgehead atoms. The van der Waals surface area contributed by atoms with Gasteiger partial charge in [-0.3, -0.25) is 9.59 Å².